The topological polar surface area (TPSA) is 66.1 Å². The molecule has 1 aromatic carbocycles. The fourth-order valence-corrected chi connectivity index (χ4v) is 3.13. The number of guanidine groups is 1. The summed E-state index contributed by atoms with van der Waals surface area (Å²) in [4.78, 5) is 9.18. The highest BCUT2D eigenvalue weighted by atomic mass is 127. The molecule has 0 amide bonds. The molecular weight excluding hydrogens is 453 g/mol. The molecule has 0 aromatic heterocycles. The smallest absolute Gasteiger partial charge is 0.188 e. The van der Waals surface area contributed by atoms with Gasteiger partial charge in [0.25, 0.3) is 0 Å². The lowest BCUT2D eigenvalue weighted by atomic mass is 10.0. The van der Waals surface area contributed by atoms with Gasteiger partial charge in [0.2, 0.25) is 0 Å². The van der Waals surface area contributed by atoms with Gasteiger partial charge in [-0.3, -0.25) is 9.89 Å². The van der Waals surface area contributed by atoms with Crippen LogP contribution in [-0.4, -0.2) is 75.8 Å². The van der Waals surface area contributed by atoms with E-state index in [4.69, 9.17) is 10.5 Å². The molecule has 1 fully saturated rings. The van der Waals surface area contributed by atoms with E-state index in [1.165, 1.54) is 11.1 Å². The Bertz CT molecular complexity index is 544. The van der Waals surface area contributed by atoms with Gasteiger partial charge in [0.15, 0.2) is 5.96 Å². The highest BCUT2D eigenvalue weighted by Gasteiger charge is 2.14. The van der Waals surface area contributed by atoms with E-state index in [0.29, 0.717) is 12.5 Å². The van der Waals surface area contributed by atoms with Crippen molar-refractivity contribution in [2.45, 2.75) is 25.8 Å². The molecule has 3 N–H and O–H groups in total. The molecule has 1 aliphatic heterocycles. The second kappa shape index (κ2) is 13.3. The van der Waals surface area contributed by atoms with E-state index in [1.807, 2.05) is 0 Å². The Labute approximate surface area is 181 Å². The molecule has 1 heterocycles. The molecule has 0 spiro atoms. The first kappa shape index (κ1) is 24.1. The van der Waals surface area contributed by atoms with Crippen molar-refractivity contribution in [3.8, 4) is 0 Å². The zero-order valence-electron chi connectivity index (χ0n) is 17.0. The van der Waals surface area contributed by atoms with Crippen LogP contribution in [0.5, 0.6) is 0 Å². The van der Waals surface area contributed by atoms with Crippen molar-refractivity contribution in [1.82, 2.24) is 15.1 Å². The minimum absolute atomic E-state index is 0. The molecule has 27 heavy (non-hydrogen) atoms. The molecule has 6 nitrogen and oxygen atoms in total. The second-order valence-corrected chi connectivity index (χ2v) is 7.03. The van der Waals surface area contributed by atoms with Crippen molar-refractivity contribution in [1.29, 1.82) is 0 Å². The highest BCUT2D eigenvalue weighted by Crippen LogP contribution is 2.19. The number of ether oxygens (including phenoxy) is 1. The summed E-state index contributed by atoms with van der Waals surface area (Å²) < 4.78 is 5.37. The lowest BCUT2D eigenvalue weighted by Crippen LogP contribution is -2.39. The Kier molecular flexibility index (Phi) is 11.9. The van der Waals surface area contributed by atoms with E-state index in [1.54, 1.807) is 0 Å². The molecule has 0 radical (unpaired) electrons. The van der Waals surface area contributed by atoms with Gasteiger partial charge >= 0.3 is 0 Å². The van der Waals surface area contributed by atoms with Crippen LogP contribution >= 0.6 is 24.0 Å². The van der Waals surface area contributed by atoms with Crippen LogP contribution in [0.1, 0.15) is 30.5 Å². The average molecular weight is 489 g/mol. The van der Waals surface area contributed by atoms with E-state index in [0.717, 1.165) is 52.2 Å². The SMILES string of the molecule is CCc1ccc(C(CN=C(N)NCCCN2CCOCC2)N(C)C)cc1.I. The van der Waals surface area contributed by atoms with Crippen molar-refractivity contribution in [3.63, 3.8) is 0 Å². The third-order valence-electron chi connectivity index (χ3n) is 4.89. The van der Waals surface area contributed by atoms with Crippen molar-refractivity contribution < 1.29 is 4.74 Å². The monoisotopic (exact) mass is 489 g/mol. The Morgan fingerprint density at radius 2 is 1.93 bits per heavy atom. The summed E-state index contributed by atoms with van der Waals surface area (Å²) in [6, 6.07) is 9.02. The van der Waals surface area contributed by atoms with E-state index < -0.39 is 0 Å². The number of aliphatic imine (C=N–C) groups is 1. The van der Waals surface area contributed by atoms with Crippen molar-refractivity contribution in [3.05, 3.63) is 35.4 Å². The van der Waals surface area contributed by atoms with Crippen LogP contribution in [0.4, 0.5) is 0 Å². The molecule has 1 saturated heterocycles. The first-order chi connectivity index (χ1) is 12.6. The van der Waals surface area contributed by atoms with Crippen LogP contribution in [0.15, 0.2) is 29.3 Å². The number of halogens is 1. The number of likely N-dealkylation sites (N-methyl/N-ethyl adjacent to an activating group) is 1. The molecule has 1 aliphatic rings. The zero-order valence-corrected chi connectivity index (χ0v) is 19.3. The van der Waals surface area contributed by atoms with Gasteiger partial charge in [-0.25, -0.2) is 0 Å². The maximum Gasteiger partial charge on any atom is 0.188 e. The van der Waals surface area contributed by atoms with E-state index in [9.17, 15) is 0 Å². The summed E-state index contributed by atoms with van der Waals surface area (Å²) in [6.45, 7) is 8.52. The maximum atomic E-state index is 6.05. The number of morpholine rings is 1. The van der Waals surface area contributed by atoms with Crippen molar-refractivity contribution in [2.24, 2.45) is 10.7 Å². The predicted octanol–water partition coefficient (Wildman–Crippen LogP) is 2.10. The molecule has 7 heteroatoms. The number of nitrogens with zero attached hydrogens (tertiary/aromatic N) is 3. The summed E-state index contributed by atoms with van der Waals surface area (Å²) >= 11 is 0. The fourth-order valence-electron chi connectivity index (χ4n) is 3.13. The third-order valence-corrected chi connectivity index (χ3v) is 4.89. The summed E-state index contributed by atoms with van der Waals surface area (Å²) in [5.74, 6) is 0.531. The summed E-state index contributed by atoms with van der Waals surface area (Å²) in [5.41, 5.74) is 8.68. The van der Waals surface area contributed by atoms with Gasteiger partial charge in [-0.05, 0) is 44.6 Å². The lowest BCUT2D eigenvalue weighted by Gasteiger charge is -2.26. The highest BCUT2D eigenvalue weighted by molar-refractivity contribution is 14.0. The first-order valence-corrected chi connectivity index (χ1v) is 9.69. The van der Waals surface area contributed by atoms with Crippen molar-refractivity contribution >= 4 is 29.9 Å². The van der Waals surface area contributed by atoms with Crippen LogP contribution in [0.25, 0.3) is 0 Å². The summed E-state index contributed by atoms with van der Waals surface area (Å²) in [7, 11) is 4.17. The molecule has 2 rings (SSSR count). The number of nitrogens with one attached hydrogen (secondary N) is 1. The zero-order chi connectivity index (χ0) is 18.8. The number of benzene rings is 1. The van der Waals surface area contributed by atoms with Gasteiger partial charge < -0.3 is 20.7 Å². The molecule has 0 bridgehead atoms. The largest absolute Gasteiger partial charge is 0.379 e. The number of nitrogens with two attached hydrogens (primary N) is 1. The number of hydrogen-bond donors (Lipinski definition) is 2. The Balaban J connectivity index is 0.00000364. The van der Waals surface area contributed by atoms with Crippen LogP contribution in [0.3, 0.4) is 0 Å². The van der Waals surface area contributed by atoms with Gasteiger partial charge in [-0.2, -0.15) is 0 Å². The van der Waals surface area contributed by atoms with E-state index in [-0.39, 0.29) is 30.0 Å². The molecule has 1 atom stereocenters. The fraction of sp³-hybridized carbons (Fsp3) is 0.650. The van der Waals surface area contributed by atoms with Crippen LogP contribution in [0, 0.1) is 0 Å². The maximum absolute atomic E-state index is 6.05. The molecule has 0 aliphatic carbocycles. The quantitative estimate of drug-likeness (QED) is 0.241. The van der Waals surface area contributed by atoms with Crippen LogP contribution in [0.2, 0.25) is 0 Å². The minimum atomic E-state index is 0. The molecule has 0 saturated carbocycles. The normalized spacial score (nSPS) is 16.8. The first-order valence-electron chi connectivity index (χ1n) is 9.69. The van der Waals surface area contributed by atoms with Gasteiger partial charge in [-0.15, -0.1) is 24.0 Å². The predicted molar refractivity (Wildman–Crippen MR) is 124 cm³/mol. The average Bonchev–Trinajstić information content (AvgIpc) is 2.66. The van der Waals surface area contributed by atoms with Crippen LogP contribution < -0.4 is 11.1 Å². The number of aryl methyl sites for hydroxylation is 1. The van der Waals surface area contributed by atoms with Crippen molar-refractivity contribution in [2.75, 3.05) is 60.0 Å². The number of hydrogen-bond acceptors (Lipinski definition) is 4. The lowest BCUT2D eigenvalue weighted by molar-refractivity contribution is 0.0376. The second-order valence-electron chi connectivity index (χ2n) is 7.03. The molecular formula is C20H36IN5O. The van der Waals surface area contributed by atoms with E-state index in [2.05, 4.69) is 65.4 Å². The Morgan fingerprint density at radius 3 is 2.52 bits per heavy atom. The third kappa shape index (κ3) is 8.76. The number of rotatable bonds is 9. The molecule has 1 aromatic rings. The Morgan fingerprint density at radius 1 is 1.26 bits per heavy atom. The van der Waals surface area contributed by atoms with Gasteiger partial charge in [0.05, 0.1) is 25.8 Å². The van der Waals surface area contributed by atoms with E-state index >= 15 is 0 Å². The van der Waals surface area contributed by atoms with Crippen LogP contribution in [-0.2, 0) is 11.2 Å². The summed E-state index contributed by atoms with van der Waals surface area (Å²) in [6.07, 6.45) is 2.12. The molecule has 154 valence electrons. The van der Waals surface area contributed by atoms with Gasteiger partial charge in [0.1, 0.15) is 0 Å². The van der Waals surface area contributed by atoms with Gasteiger partial charge in [0, 0.05) is 19.6 Å². The standard InChI is InChI=1S/C20H35N5O.HI/c1-4-17-6-8-18(9-7-17)19(24(2)3)16-23-20(21)22-10-5-11-25-12-14-26-15-13-25;/h6-9,19H,4-5,10-16H2,1-3H3,(H3,21,22,23);1H. The minimum Gasteiger partial charge on any atom is -0.379 e. The molecule has 1 unspecified atom stereocenters. The summed E-state index contributed by atoms with van der Waals surface area (Å²) in [5, 5.41) is 3.24. The van der Waals surface area contributed by atoms with Gasteiger partial charge in [-0.1, -0.05) is 31.2 Å². The Hall–Kier alpha value is -0.900.